The van der Waals surface area contributed by atoms with Crippen LogP contribution in [0.5, 0.6) is 17.2 Å². The number of methoxy groups -OCH3 is 2. The SMILES string of the molecule is CC[C@@H](C(=O)N1CCc2cc(OC)c(OC)cc2[C@H]1COc1ccc(F)cc1)c1ccccc1. The first-order valence-electron chi connectivity index (χ1n) is 11.5. The van der Waals surface area contributed by atoms with Crippen molar-refractivity contribution in [3.8, 4) is 17.2 Å². The molecule has 34 heavy (non-hydrogen) atoms. The molecule has 0 saturated carbocycles. The van der Waals surface area contributed by atoms with Crippen LogP contribution in [0.1, 0.15) is 42.0 Å². The number of halogens is 1. The highest BCUT2D eigenvalue weighted by Gasteiger charge is 2.35. The minimum Gasteiger partial charge on any atom is -0.493 e. The third-order valence-electron chi connectivity index (χ3n) is 6.42. The van der Waals surface area contributed by atoms with Gasteiger partial charge >= 0.3 is 0 Å². The lowest BCUT2D eigenvalue weighted by Gasteiger charge is -2.39. The van der Waals surface area contributed by atoms with Crippen LogP contribution < -0.4 is 14.2 Å². The number of rotatable bonds is 8. The molecule has 3 aromatic rings. The summed E-state index contributed by atoms with van der Waals surface area (Å²) >= 11 is 0. The van der Waals surface area contributed by atoms with Crippen LogP contribution in [0.2, 0.25) is 0 Å². The van der Waals surface area contributed by atoms with Crippen molar-refractivity contribution >= 4 is 5.91 Å². The zero-order valence-corrected chi connectivity index (χ0v) is 19.8. The number of hydrogen-bond donors (Lipinski definition) is 0. The predicted octanol–water partition coefficient (Wildman–Crippen LogP) is 5.54. The third-order valence-corrected chi connectivity index (χ3v) is 6.42. The smallest absolute Gasteiger partial charge is 0.230 e. The molecule has 0 saturated heterocycles. The summed E-state index contributed by atoms with van der Waals surface area (Å²) in [6.07, 6.45) is 1.41. The molecule has 0 bridgehead atoms. The lowest BCUT2D eigenvalue weighted by atomic mass is 9.89. The Morgan fingerprint density at radius 3 is 2.35 bits per heavy atom. The number of benzene rings is 3. The van der Waals surface area contributed by atoms with E-state index in [0.29, 0.717) is 36.6 Å². The number of carbonyl (C=O) groups is 1. The number of ether oxygens (including phenoxy) is 3. The molecule has 2 atom stereocenters. The Bertz CT molecular complexity index is 1120. The van der Waals surface area contributed by atoms with Gasteiger partial charge < -0.3 is 19.1 Å². The van der Waals surface area contributed by atoms with Crippen molar-refractivity contribution < 1.29 is 23.4 Å². The normalized spacial score (nSPS) is 15.9. The largest absolute Gasteiger partial charge is 0.493 e. The van der Waals surface area contributed by atoms with Crippen LogP contribution >= 0.6 is 0 Å². The fourth-order valence-corrected chi connectivity index (χ4v) is 4.62. The van der Waals surface area contributed by atoms with E-state index in [4.69, 9.17) is 14.2 Å². The van der Waals surface area contributed by atoms with Gasteiger partial charge in [0.2, 0.25) is 5.91 Å². The summed E-state index contributed by atoms with van der Waals surface area (Å²) in [6, 6.07) is 19.4. The van der Waals surface area contributed by atoms with Crippen molar-refractivity contribution in [1.29, 1.82) is 0 Å². The number of hydrogen-bond acceptors (Lipinski definition) is 4. The summed E-state index contributed by atoms with van der Waals surface area (Å²) in [6.45, 7) is 2.85. The van der Waals surface area contributed by atoms with Crippen molar-refractivity contribution in [2.24, 2.45) is 0 Å². The number of amides is 1. The predicted molar refractivity (Wildman–Crippen MR) is 129 cm³/mol. The molecule has 5 nitrogen and oxygen atoms in total. The Morgan fingerprint density at radius 2 is 1.71 bits per heavy atom. The lowest BCUT2D eigenvalue weighted by molar-refractivity contribution is -0.136. The van der Waals surface area contributed by atoms with Crippen LogP contribution in [0.3, 0.4) is 0 Å². The van der Waals surface area contributed by atoms with E-state index in [-0.39, 0.29) is 30.3 Å². The molecule has 1 heterocycles. The molecular formula is C28H30FNO4. The Balaban J connectivity index is 1.69. The van der Waals surface area contributed by atoms with E-state index in [1.165, 1.54) is 12.1 Å². The van der Waals surface area contributed by atoms with Gasteiger partial charge in [0.15, 0.2) is 11.5 Å². The molecule has 0 spiro atoms. The highest BCUT2D eigenvalue weighted by atomic mass is 19.1. The average Bonchev–Trinajstić information content (AvgIpc) is 2.88. The van der Waals surface area contributed by atoms with Gasteiger partial charge in [-0.2, -0.15) is 0 Å². The van der Waals surface area contributed by atoms with Crippen molar-refractivity contribution in [3.05, 3.63) is 89.2 Å². The Morgan fingerprint density at radius 1 is 1.03 bits per heavy atom. The highest BCUT2D eigenvalue weighted by Crippen LogP contribution is 2.40. The quantitative estimate of drug-likeness (QED) is 0.440. The van der Waals surface area contributed by atoms with E-state index in [1.807, 2.05) is 54.3 Å². The summed E-state index contributed by atoms with van der Waals surface area (Å²) in [5, 5.41) is 0. The second-order valence-corrected chi connectivity index (χ2v) is 8.34. The number of carbonyl (C=O) groups excluding carboxylic acids is 1. The number of fused-ring (bicyclic) bond motifs is 1. The molecule has 1 aliphatic heterocycles. The molecule has 1 aliphatic rings. The second-order valence-electron chi connectivity index (χ2n) is 8.34. The summed E-state index contributed by atoms with van der Waals surface area (Å²) in [7, 11) is 3.21. The summed E-state index contributed by atoms with van der Waals surface area (Å²) in [4.78, 5) is 15.8. The van der Waals surface area contributed by atoms with Crippen LogP contribution in [0.25, 0.3) is 0 Å². The molecule has 0 aromatic heterocycles. The fraction of sp³-hybridized carbons (Fsp3) is 0.321. The summed E-state index contributed by atoms with van der Waals surface area (Å²) in [5.41, 5.74) is 3.08. The van der Waals surface area contributed by atoms with Crippen molar-refractivity contribution in [3.63, 3.8) is 0 Å². The molecule has 0 aliphatic carbocycles. The minimum absolute atomic E-state index is 0.0711. The molecule has 0 fully saturated rings. The van der Waals surface area contributed by atoms with Crippen LogP contribution in [-0.2, 0) is 11.2 Å². The molecule has 6 heteroatoms. The van der Waals surface area contributed by atoms with E-state index in [2.05, 4.69) is 0 Å². The van der Waals surface area contributed by atoms with Gasteiger partial charge in [0, 0.05) is 6.54 Å². The number of nitrogens with zero attached hydrogens (tertiary/aromatic N) is 1. The van der Waals surface area contributed by atoms with Gasteiger partial charge in [0.25, 0.3) is 0 Å². The van der Waals surface area contributed by atoms with Crippen LogP contribution in [0, 0.1) is 5.82 Å². The van der Waals surface area contributed by atoms with Crippen LogP contribution in [0.4, 0.5) is 4.39 Å². The van der Waals surface area contributed by atoms with E-state index in [1.54, 1.807) is 26.4 Å². The summed E-state index contributed by atoms with van der Waals surface area (Å²) < 4.78 is 30.5. The zero-order valence-electron chi connectivity index (χ0n) is 19.8. The Hall–Kier alpha value is -3.54. The van der Waals surface area contributed by atoms with Crippen molar-refractivity contribution in [1.82, 2.24) is 4.90 Å². The first kappa shape index (κ1) is 23.6. The van der Waals surface area contributed by atoms with Gasteiger partial charge in [-0.3, -0.25) is 4.79 Å². The third kappa shape index (κ3) is 4.86. The van der Waals surface area contributed by atoms with Gasteiger partial charge in [-0.1, -0.05) is 37.3 Å². The fourth-order valence-electron chi connectivity index (χ4n) is 4.62. The van der Waals surface area contributed by atoms with E-state index in [0.717, 1.165) is 16.7 Å². The molecule has 178 valence electrons. The molecule has 0 N–H and O–H groups in total. The van der Waals surface area contributed by atoms with Gasteiger partial charge in [-0.05, 0) is 65.9 Å². The maximum absolute atomic E-state index is 13.8. The van der Waals surface area contributed by atoms with Gasteiger partial charge in [-0.25, -0.2) is 4.39 Å². The van der Waals surface area contributed by atoms with Crippen LogP contribution in [-0.4, -0.2) is 38.2 Å². The average molecular weight is 464 g/mol. The van der Waals surface area contributed by atoms with Crippen LogP contribution in [0.15, 0.2) is 66.7 Å². The molecular weight excluding hydrogens is 433 g/mol. The van der Waals surface area contributed by atoms with E-state index in [9.17, 15) is 9.18 Å². The first-order chi connectivity index (χ1) is 16.5. The van der Waals surface area contributed by atoms with Gasteiger partial charge in [-0.15, -0.1) is 0 Å². The molecule has 1 amide bonds. The Labute approximate surface area is 200 Å². The standard InChI is InChI=1S/C28H30FNO4/c1-4-23(19-8-6-5-7-9-19)28(31)30-15-14-20-16-26(32-2)27(33-3)17-24(20)25(30)18-34-22-12-10-21(29)11-13-22/h5-13,16-17,23,25H,4,14-15,18H2,1-3H3/t23-,25-/m1/s1. The maximum Gasteiger partial charge on any atom is 0.230 e. The summed E-state index contributed by atoms with van der Waals surface area (Å²) in [5.74, 6) is 1.33. The highest BCUT2D eigenvalue weighted by molar-refractivity contribution is 5.84. The van der Waals surface area contributed by atoms with Gasteiger partial charge in [0.05, 0.1) is 26.2 Å². The maximum atomic E-state index is 13.8. The molecule has 3 aromatic carbocycles. The van der Waals surface area contributed by atoms with Gasteiger partial charge in [0.1, 0.15) is 18.2 Å². The topological polar surface area (TPSA) is 48.0 Å². The molecule has 0 unspecified atom stereocenters. The lowest BCUT2D eigenvalue weighted by Crippen LogP contribution is -2.44. The van der Waals surface area contributed by atoms with E-state index < -0.39 is 0 Å². The molecule has 4 rings (SSSR count). The zero-order chi connectivity index (χ0) is 24.1. The first-order valence-corrected chi connectivity index (χ1v) is 11.5. The monoisotopic (exact) mass is 463 g/mol. The van der Waals surface area contributed by atoms with E-state index >= 15 is 0 Å². The minimum atomic E-state index is -0.322. The van der Waals surface area contributed by atoms with Crippen molar-refractivity contribution in [2.75, 3.05) is 27.4 Å². The molecule has 0 radical (unpaired) electrons. The Kier molecular flexibility index (Phi) is 7.36. The van der Waals surface area contributed by atoms with Crippen molar-refractivity contribution in [2.45, 2.75) is 31.7 Å². The second kappa shape index (κ2) is 10.6.